The van der Waals surface area contributed by atoms with E-state index >= 15 is 0 Å². The first-order valence-electron chi connectivity index (χ1n) is 9.82. The van der Waals surface area contributed by atoms with Gasteiger partial charge in [0.05, 0.1) is 12.7 Å². The maximum atomic E-state index is 12.8. The normalized spacial score (nSPS) is 21.8. The van der Waals surface area contributed by atoms with Crippen molar-refractivity contribution in [1.29, 1.82) is 0 Å². The summed E-state index contributed by atoms with van der Waals surface area (Å²) in [6.07, 6.45) is -0.338. The predicted molar refractivity (Wildman–Crippen MR) is 107 cm³/mol. The maximum absolute atomic E-state index is 12.8. The fourth-order valence-electron chi connectivity index (χ4n) is 3.65. The summed E-state index contributed by atoms with van der Waals surface area (Å²) >= 11 is 0. The van der Waals surface area contributed by atoms with Crippen molar-refractivity contribution in [3.05, 3.63) is 34.9 Å². The van der Waals surface area contributed by atoms with Crippen molar-refractivity contribution in [1.82, 2.24) is 15.1 Å². The van der Waals surface area contributed by atoms with Crippen molar-refractivity contribution in [2.24, 2.45) is 0 Å². The molecule has 0 bridgehead atoms. The lowest BCUT2D eigenvalue weighted by atomic mass is 10.1. The van der Waals surface area contributed by atoms with Crippen LogP contribution in [0.15, 0.2) is 18.2 Å². The number of ether oxygens (including phenoxy) is 2. The van der Waals surface area contributed by atoms with Crippen molar-refractivity contribution >= 4 is 18.0 Å². The molecule has 1 aromatic rings. The number of hydrogen-bond donors (Lipinski definition) is 1. The highest BCUT2D eigenvalue weighted by Crippen LogP contribution is 2.25. The molecular weight excluding hydrogens is 374 g/mol. The van der Waals surface area contributed by atoms with Crippen LogP contribution < -0.4 is 5.32 Å². The van der Waals surface area contributed by atoms with Crippen molar-refractivity contribution in [3.8, 4) is 0 Å². The summed E-state index contributed by atoms with van der Waals surface area (Å²) in [4.78, 5) is 40.6. The second-order valence-corrected chi connectivity index (χ2v) is 8.64. The molecule has 0 radical (unpaired) electrons. The number of hydrogen-bond acceptors (Lipinski definition) is 6. The van der Waals surface area contributed by atoms with Gasteiger partial charge in [-0.15, -0.1) is 0 Å². The summed E-state index contributed by atoms with van der Waals surface area (Å²) < 4.78 is 10.3. The highest BCUT2D eigenvalue weighted by atomic mass is 16.6. The lowest BCUT2D eigenvalue weighted by Gasteiger charge is -2.40. The third kappa shape index (κ3) is 4.70. The standard InChI is InChI=1S/C21H29N3O5/c1-13-9-22-16(12-24(13)20(27)29-21(2,3)4)11-23-10-15-7-6-14(19(26)28-5)8-17(15)18(23)25/h6-8,13,16,22H,9-12H2,1-5H3/t13-,16+/m1/s1. The molecule has 2 aliphatic heterocycles. The fraction of sp³-hybridized carbons (Fsp3) is 0.571. The van der Waals surface area contributed by atoms with Crippen LogP contribution in [0.1, 0.15) is 54.0 Å². The first-order chi connectivity index (χ1) is 13.6. The molecule has 0 spiro atoms. The number of benzene rings is 1. The van der Waals surface area contributed by atoms with Crippen molar-refractivity contribution in [2.75, 3.05) is 26.7 Å². The molecule has 29 heavy (non-hydrogen) atoms. The van der Waals surface area contributed by atoms with Gasteiger partial charge in [0.25, 0.3) is 5.91 Å². The molecule has 2 atom stereocenters. The Balaban J connectivity index is 1.66. The van der Waals surface area contributed by atoms with Crippen molar-refractivity contribution < 1.29 is 23.9 Å². The number of fused-ring (bicyclic) bond motifs is 1. The van der Waals surface area contributed by atoms with Gasteiger partial charge in [0.2, 0.25) is 0 Å². The molecule has 8 nitrogen and oxygen atoms in total. The molecule has 1 fully saturated rings. The van der Waals surface area contributed by atoms with Gasteiger partial charge in [-0.3, -0.25) is 4.79 Å². The minimum Gasteiger partial charge on any atom is -0.465 e. The monoisotopic (exact) mass is 403 g/mol. The summed E-state index contributed by atoms with van der Waals surface area (Å²) in [7, 11) is 1.32. The molecule has 1 saturated heterocycles. The van der Waals surface area contributed by atoms with E-state index in [0.29, 0.717) is 37.3 Å². The van der Waals surface area contributed by atoms with Crippen LogP contribution >= 0.6 is 0 Å². The van der Waals surface area contributed by atoms with Crippen LogP contribution in [0.4, 0.5) is 4.79 Å². The van der Waals surface area contributed by atoms with E-state index in [4.69, 9.17) is 9.47 Å². The molecule has 1 N–H and O–H groups in total. The number of carbonyl (C=O) groups is 3. The zero-order valence-corrected chi connectivity index (χ0v) is 17.7. The second-order valence-electron chi connectivity index (χ2n) is 8.64. The molecule has 2 heterocycles. The largest absolute Gasteiger partial charge is 0.465 e. The van der Waals surface area contributed by atoms with Gasteiger partial charge in [-0.05, 0) is 45.4 Å². The number of esters is 1. The lowest BCUT2D eigenvalue weighted by Crippen LogP contribution is -2.60. The third-order valence-electron chi connectivity index (χ3n) is 5.13. The topological polar surface area (TPSA) is 88.2 Å². The van der Waals surface area contributed by atoms with E-state index in [0.717, 1.165) is 5.56 Å². The Kier molecular flexibility index (Phi) is 5.84. The Morgan fingerprint density at radius 2 is 2.00 bits per heavy atom. The summed E-state index contributed by atoms with van der Waals surface area (Å²) in [5, 5.41) is 3.41. The SMILES string of the molecule is COC(=O)c1ccc2c(c1)C(=O)N(C[C@H]1CN(C(=O)OC(C)(C)C)[C@H](C)CN1)C2. The molecule has 8 heteroatoms. The van der Waals surface area contributed by atoms with Crippen LogP contribution in [0, 0.1) is 0 Å². The first kappa shape index (κ1) is 21.1. The zero-order chi connectivity index (χ0) is 21.3. The quantitative estimate of drug-likeness (QED) is 0.777. The van der Waals surface area contributed by atoms with Gasteiger partial charge in [-0.25, -0.2) is 9.59 Å². The molecule has 158 valence electrons. The summed E-state index contributed by atoms with van der Waals surface area (Å²) in [6.45, 7) is 9.55. The van der Waals surface area contributed by atoms with Crippen LogP contribution in [0.5, 0.6) is 0 Å². The van der Waals surface area contributed by atoms with Gasteiger partial charge in [-0.1, -0.05) is 6.07 Å². The molecule has 2 aliphatic rings. The average molecular weight is 403 g/mol. The van der Waals surface area contributed by atoms with Crippen molar-refractivity contribution in [3.63, 3.8) is 0 Å². The van der Waals surface area contributed by atoms with Crippen LogP contribution in [-0.4, -0.2) is 72.2 Å². The van der Waals surface area contributed by atoms with Crippen LogP contribution in [-0.2, 0) is 16.0 Å². The van der Waals surface area contributed by atoms with Crippen LogP contribution in [0.25, 0.3) is 0 Å². The Hall–Kier alpha value is -2.61. The molecule has 1 aromatic carbocycles. The first-order valence-corrected chi connectivity index (χ1v) is 9.82. The molecule has 0 aliphatic carbocycles. The van der Waals surface area contributed by atoms with Gasteiger partial charge >= 0.3 is 12.1 Å². The van der Waals surface area contributed by atoms with Gasteiger partial charge in [0.1, 0.15) is 5.60 Å². The van der Waals surface area contributed by atoms with Crippen LogP contribution in [0.3, 0.4) is 0 Å². The smallest absolute Gasteiger partial charge is 0.410 e. The lowest BCUT2D eigenvalue weighted by molar-refractivity contribution is 0.00816. The second kappa shape index (κ2) is 8.02. The van der Waals surface area contributed by atoms with E-state index in [1.807, 2.05) is 27.7 Å². The Bertz CT molecular complexity index is 817. The van der Waals surface area contributed by atoms with E-state index in [9.17, 15) is 14.4 Å². The number of piperazine rings is 1. The number of nitrogens with zero attached hydrogens (tertiary/aromatic N) is 2. The molecule has 0 saturated carbocycles. The minimum atomic E-state index is -0.554. The summed E-state index contributed by atoms with van der Waals surface area (Å²) in [5.41, 5.74) is 1.22. The third-order valence-corrected chi connectivity index (χ3v) is 5.13. The highest BCUT2D eigenvalue weighted by molar-refractivity contribution is 6.01. The molecule has 0 aromatic heterocycles. The Labute approximate surface area is 171 Å². The minimum absolute atomic E-state index is 0.00944. The Morgan fingerprint density at radius 3 is 2.66 bits per heavy atom. The molecular formula is C21H29N3O5. The molecule has 2 amide bonds. The zero-order valence-electron chi connectivity index (χ0n) is 17.7. The van der Waals surface area contributed by atoms with Gasteiger partial charge in [-0.2, -0.15) is 0 Å². The molecule has 3 rings (SSSR count). The van der Waals surface area contributed by atoms with E-state index in [1.54, 1.807) is 28.0 Å². The van der Waals surface area contributed by atoms with E-state index in [-0.39, 0.29) is 24.1 Å². The predicted octanol–water partition coefficient (Wildman–Crippen LogP) is 2.03. The number of amides is 2. The van der Waals surface area contributed by atoms with E-state index in [1.165, 1.54) is 7.11 Å². The highest BCUT2D eigenvalue weighted by Gasteiger charge is 2.35. The maximum Gasteiger partial charge on any atom is 0.410 e. The Morgan fingerprint density at radius 1 is 1.28 bits per heavy atom. The van der Waals surface area contributed by atoms with Crippen molar-refractivity contribution in [2.45, 2.75) is 51.9 Å². The molecule has 0 unspecified atom stereocenters. The van der Waals surface area contributed by atoms with E-state index < -0.39 is 11.6 Å². The number of nitrogens with one attached hydrogen (secondary N) is 1. The van der Waals surface area contributed by atoms with Gasteiger partial charge < -0.3 is 24.6 Å². The number of rotatable bonds is 3. The summed E-state index contributed by atoms with van der Waals surface area (Å²) in [5.74, 6) is -0.579. The fourth-order valence-corrected chi connectivity index (χ4v) is 3.65. The number of carbonyl (C=O) groups excluding carboxylic acids is 3. The van der Waals surface area contributed by atoms with Crippen LogP contribution in [0.2, 0.25) is 0 Å². The van der Waals surface area contributed by atoms with Gasteiger partial charge in [0, 0.05) is 43.8 Å². The number of methoxy groups -OCH3 is 1. The van der Waals surface area contributed by atoms with E-state index in [2.05, 4.69) is 5.32 Å². The summed E-state index contributed by atoms with van der Waals surface area (Å²) in [6, 6.07) is 5.01. The average Bonchev–Trinajstić information content (AvgIpc) is 2.96. The van der Waals surface area contributed by atoms with Gasteiger partial charge in [0.15, 0.2) is 0 Å².